The van der Waals surface area contributed by atoms with E-state index in [0.717, 1.165) is 6.92 Å². The molecule has 182 valence electrons. The van der Waals surface area contributed by atoms with Crippen LogP contribution in [0.15, 0.2) is 11.0 Å². The van der Waals surface area contributed by atoms with Crippen molar-refractivity contribution in [2.75, 3.05) is 6.61 Å². The molecule has 15 nitrogen and oxygen atoms in total. The van der Waals surface area contributed by atoms with E-state index in [2.05, 4.69) is 25.4 Å². The molecule has 0 aromatic carbocycles. The molecule has 1 aromatic rings. The molecular formula is C11H15F2N2O13P3S. The summed E-state index contributed by atoms with van der Waals surface area (Å²) in [6, 6.07) is 0. The second kappa shape index (κ2) is 10.4. The number of aliphatic hydroxyl groups excluding tert-OH is 1. The second-order valence-corrected chi connectivity index (χ2v) is 10.4. The smallest absolute Gasteiger partial charge is 0.389 e. The van der Waals surface area contributed by atoms with Gasteiger partial charge in [-0.15, -0.1) is 6.42 Å². The summed E-state index contributed by atoms with van der Waals surface area (Å²) in [4.78, 5) is 48.4. The molecule has 0 aliphatic rings. The normalized spacial score (nSPS) is 19.7. The molecule has 0 bridgehead atoms. The van der Waals surface area contributed by atoms with Crippen LogP contribution in [0.5, 0.6) is 0 Å². The van der Waals surface area contributed by atoms with Gasteiger partial charge in [-0.05, 0) is 19.1 Å². The summed E-state index contributed by atoms with van der Waals surface area (Å²) < 4.78 is 77.3. The zero-order valence-corrected chi connectivity index (χ0v) is 19.0. The number of nitrogens with one attached hydrogen (secondary N) is 1. The third-order valence-electron chi connectivity index (χ3n) is 3.23. The van der Waals surface area contributed by atoms with Crippen LogP contribution in [0.4, 0.5) is 8.78 Å². The maximum atomic E-state index is 14.6. The van der Waals surface area contributed by atoms with Crippen molar-refractivity contribution in [3.63, 3.8) is 0 Å². The van der Waals surface area contributed by atoms with E-state index in [0.29, 0.717) is 0 Å². The zero-order valence-electron chi connectivity index (χ0n) is 15.5. The quantitative estimate of drug-likeness (QED) is 0.127. The van der Waals surface area contributed by atoms with Crippen LogP contribution in [0, 0.1) is 22.9 Å². The van der Waals surface area contributed by atoms with Gasteiger partial charge in [-0.2, -0.15) is 17.4 Å². The molecule has 32 heavy (non-hydrogen) atoms. The van der Waals surface area contributed by atoms with Crippen LogP contribution in [0.1, 0.15) is 13.4 Å². The molecule has 0 aliphatic heterocycles. The molecule has 0 aliphatic carbocycles. The molecule has 1 heterocycles. The lowest BCUT2D eigenvalue weighted by molar-refractivity contribution is -0.206. The van der Waals surface area contributed by atoms with Crippen molar-refractivity contribution in [1.29, 1.82) is 0 Å². The summed E-state index contributed by atoms with van der Waals surface area (Å²) in [5.74, 6) is 0.225. The van der Waals surface area contributed by atoms with Crippen LogP contribution in [0.25, 0.3) is 0 Å². The van der Waals surface area contributed by atoms with Crippen LogP contribution in [0.3, 0.4) is 0 Å². The number of terminal acetylenes is 1. The average Bonchev–Trinajstić information content (AvgIpc) is 2.58. The Morgan fingerprint density at radius 2 is 1.84 bits per heavy atom. The number of alkyl halides is 1. The minimum atomic E-state index is -5.87. The van der Waals surface area contributed by atoms with Crippen molar-refractivity contribution >= 4 is 35.7 Å². The van der Waals surface area contributed by atoms with Gasteiger partial charge in [0.25, 0.3) is 12.0 Å². The second-order valence-electron chi connectivity index (χ2n) is 5.63. The van der Waals surface area contributed by atoms with Crippen LogP contribution >= 0.6 is 35.7 Å². The first kappa shape index (κ1) is 28.9. The molecule has 0 amide bonds. The Bertz CT molecular complexity index is 1140. The Hall–Kier alpha value is -1.15. The largest absolute Gasteiger partial charge is 0.490 e. The van der Waals surface area contributed by atoms with Gasteiger partial charge in [0.15, 0.2) is 10.4 Å². The molecule has 1 rings (SSSR count). The fourth-order valence-electron chi connectivity index (χ4n) is 1.77. The number of phosphoric acid groups is 3. The summed E-state index contributed by atoms with van der Waals surface area (Å²) in [5, 5.41) is 9.88. The van der Waals surface area contributed by atoms with Crippen LogP contribution < -0.4 is 5.56 Å². The summed E-state index contributed by atoms with van der Waals surface area (Å²) in [5.41, 5.74) is -3.95. The zero-order chi connectivity index (χ0) is 25.1. The van der Waals surface area contributed by atoms with E-state index in [9.17, 15) is 37.3 Å². The van der Waals surface area contributed by atoms with Gasteiger partial charge in [0, 0.05) is 0 Å². The molecule has 1 aromatic heterocycles. The average molecular weight is 546 g/mol. The maximum Gasteiger partial charge on any atom is 0.490 e. The molecule has 0 spiro atoms. The molecule has 6 N–H and O–H groups in total. The highest BCUT2D eigenvalue weighted by atomic mass is 32.1. The minimum Gasteiger partial charge on any atom is -0.389 e. The van der Waals surface area contributed by atoms with Crippen LogP contribution in [-0.4, -0.2) is 52.5 Å². The van der Waals surface area contributed by atoms with Crippen molar-refractivity contribution in [3.8, 4) is 12.3 Å². The number of aromatic nitrogens is 2. The van der Waals surface area contributed by atoms with Gasteiger partial charge < -0.3 is 29.4 Å². The predicted molar refractivity (Wildman–Crippen MR) is 100 cm³/mol. The van der Waals surface area contributed by atoms with Crippen LogP contribution in [-0.2, 0) is 31.6 Å². The lowest BCUT2D eigenvalue weighted by Crippen LogP contribution is -2.47. The first-order chi connectivity index (χ1) is 14.3. The Morgan fingerprint density at radius 1 is 1.28 bits per heavy atom. The van der Waals surface area contributed by atoms with Crippen molar-refractivity contribution in [2.45, 2.75) is 25.1 Å². The van der Waals surface area contributed by atoms with Crippen molar-refractivity contribution in [1.82, 2.24) is 9.55 Å². The van der Waals surface area contributed by atoms with E-state index < -0.39 is 64.4 Å². The standard InChI is InChI=1S/C11H15F2N2O13P3S/c1-3-11(6(2)16,26-9(13)15-4-7(12)8(17)14-10(15)32)5-25-30(21,22)28-31(23,24)27-29(18,19)20/h1,4,6,9,16H,5H2,2H3,(H,21,22)(H,23,24)(H,14,17,32)(H2,18,19,20)/t6-,9-,11-/m1/s1. The van der Waals surface area contributed by atoms with E-state index in [1.165, 1.54) is 0 Å². The third kappa shape index (κ3) is 8.32. The van der Waals surface area contributed by atoms with Crippen LogP contribution in [0.2, 0.25) is 0 Å². The molecule has 0 fully saturated rings. The molecule has 0 saturated heterocycles. The highest BCUT2D eigenvalue weighted by Gasteiger charge is 2.45. The molecule has 2 unspecified atom stereocenters. The lowest BCUT2D eigenvalue weighted by atomic mass is 10.0. The summed E-state index contributed by atoms with van der Waals surface area (Å²) in [7, 11) is -17.2. The van der Waals surface area contributed by atoms with Gasteiger partial charge in [0.2, 0.25) is 5.82 Å². The number of aromatic amines is 1. The van der Waals surface area contributed by atoms with E-state index in [-0.39, 0.29) is 10.8 Å². The molecule has 21 heteroatoms. The molecule has 0 radical (unpaired) electrons. The Morgan fingerprint density at radius 3 is 2.31 bits per heavy atom. The van der Waals surface area contributed by atoms with E-state index in [1.807, 2.05) is 0 Å². The number of aliphatic hydroxyl groups is 1. The number of phosphoric ester groups is 1. The monoisotopic (exact) mass is 546 g/mol. The van der Waals surface area contributed by atoms with Gasteiger partial charge in [0.05, 0.1) is 12.3 Å². The number of hydrogen-bond acceptors (Lipinski definition) is 10. The lowest BCUT2D eigenvalue weighted by Gasteiger charge is -2.33. The Labute approximate surface area is 182 Å². The molecule has 5 atom stereocenters. The van der Waals surface area contributed by atoms with Gasteiger partial charge in [0.1, 0.15) is 6.61 Å². The Kier molecular flexibility index (Phi) is 9.40. The number of hydrogen-bond donors (Lipinski definition) is 6. The molecular weight excluding hydrogens is 531 g/mol. The number of nitrogens with zero attached hydrogens (tertiary/aromatic N) is 1. The first-order valence-electron chi connectivity index (χ1n) is 7.60. The fourth-order valence-corrected chi connectivity index (χ4v) is 5.05. The topological polar surface area (TPSA) is 227 Å². The predicted octanol–water partition coefficient (Wildman–Crippen LogP) is 0.583. The number of halogens is 2. The highest BCUT2D eigenvalue weighted by Crippen LogP contribution is 2.66. The van der Waals surface area contributed by atoms with Gasteiger partial charge >= 0.3 is 23.5 Å². The van der Waals surface area contributed by atoms with E-state index in [1.54, 1.807) is 10.9 Å². The van der Waals surface area contributed by atoms with Gasteiger partial charge in [-0.25, -0.2) is 13.7 Å². The number of H-pyrrole nitrogens is 1. The minimum absolute atomic E-state index is 0.214. The molecule has 0 saturated carbocycles. The number of rotatable bonds is 11. The SMILES string of the molecule is C#C[C@](COP(=O)(O)OP(=O)(O)OP(=O)(O)O)(O[C@H](F)n1cc(F)c(=O)[nH]c1=S)[C@@H](C)O. The van der Waals surface area contributed by atoms with Crippen molar-refractivity contribution in [2.24, 2.45) is 0 Å². The third-order valence-corrected chi connectivity index (χ3v) is 7.32. The first-order valence-corrected chi connectivity index (χ1v) is 12.5. The van der Waals surface area contributed by atoms with Gasteiger partial charge in [-0.1, -0.05) is 5.92 Å². The number of ether oxygens (including phenoxy) is 1. The van der Waals surface area contributed by atoms with E-state index >= 15 is 0 Å². The Balaban J connectivity index is 3.12. The maximum absolute atomic E-state index is 14.6. The summed E-state index contributed by atoms with van der Waals surface area (Å²) in [6.45, 7) is -3.35. The summed E-state index contributed by atoms with van der Waals surface area (Å²) >= 11 is 4.63. The van der Waals surface area contributed by atoms with E-state index in [4.69, 9.17) is 25.8 Å². The summed E-state index contributed by atoms with van der Waals surface area (Å²) in [6.07, 6.45) is 3.56. The van der Waals surface area contributed by atoms with Crippen molar-refractivity contribution in [3.05, 3.63) is 27.1 Å². The van der Waals surface area contributed by atoms with Crippen molar-refractivity contribution < 1.29 is 65.0 Å². The highest BCUT2D eigenvalue weighted by molar-refractivity contribution is 7.71. The van der Waals surface area contributed by atoms with Gasteiger partial charge in [-0.3, -0.25) is 18.9 Å². The fraction of sp³-hybridized carbons (Fsp3) is 0.455.